The first-order valence-corrected chi connectivity index (χ1v) is 9.12. The van der Waals surface area contributed by atoms with Crippen LogP contribution in [0.4, 0.5) is 5.13 Å². The van der Waals surface area contributed by atoms with Crippen LogP contribution in [0.3, 0.4) is 0 Å². The predicted molar refractivity (Wildman–Crippen MR) is 91.9 cm³/mol. The minimum absolute atomic E-state index is 0.0623. The summed E-state index contributed by atoms with van der Waals surface area (Å²) in [6.07, 6.45) is 2.10. The van der Waals surface area contributed by atoms with E-state index in [4.69, 9.17) is 4.42 Å². The van der Waals surface area contributed by atoms with Crippen LogP contribution in [-0.2, 0) is 13.0 Å². The lowest BCUT2D eigenvalue weighted by atomic mass is 10.1. The molecule has 0 fully saturated rings. The summed E-state index contributed by atoms with van der Waals surface area (Å²) in [4.78, 5) is 32.4. The zero-order valence-electron chi connectivity index (χ0n) is 13.2. The van der Waals surface area contributed by atoms with Gasteiger partial charge in [-0.1, -0.05) is 15.8 Å². The van der Waals surface area contributed by atoms with Gasteiger partial charge < -0.3 is 9.32 Å². The number of hydrogen-bond acceptors (Lipinski definition) is 8. The number of aromatic nitrogens is 3. The van der Waals surface area contributed by atoms with Crippen LogP contribution in [0, 0.1) is 6.92 Å². The van der Waals surface area contributed by atoms with E-state index in [1.54, 1.807) is 24.0 Å². The third kappa shape index (κ3) is 3.05. The Morgan fingerprint density at radius 1 is 1.40 bits per heavy atom. The van der Waals surface area contributed by atoms with Crippen molar-refractivity contribution < 1.29 is 14.0 Å². The van der Waals surface area contributed by atoms with Gasteiger partial charge in [-0.15, -0.1) is 5.10 Å². The quantitative estimate of drug-likeness (QED) is 0.754. The maximum Gasteiger partial charge on any atom is 0.293 e. The number of hydrogen-bond donors (Lipinski definition) is 1. The van der Waals surface area contributed by atoms with Gasteiger partial charge in [0, 0.05) is 17.8 Å². The highest BCUT2D eigenvalue weighted by atomic mass is 32.1. The number of carbonyl (C=O) groups excluding carboxylic acids is 2. The molecular formula is C15H13N5O3S2. The minimum atomic E-state index is -0.338. The van der Waals surface area contributed by atoms with Gasteiger partial charge in [0.15, 0.2) is 10.9 Å². The van der Waals surface area contributed by atoms with Crippen molar-refractivity contribution in [3.8, 4) is 0 Å². The molecule has 128 valence electrons. The third-order valence-electron chi connectivity index (χ3n) is 3.83. The van der Waals surface area contributed by atoms with Crippen LogP contribution >= 0.6 is 22.9 Å². The maximum atomic E-state index is 12.6. The second kappa shape index (κ2) is 6.37. The summed E-state index contributed by atoms with van der Waals surface area (Å²) in [5.74, 6) is -0.166. The molecule has 0 unspecified atom stereocenters. The second-order valence-electron chi connectivity index (χ2n) is 5.48. The highest BCUT2D eigenvalue weighted by Crippen LogP contribution is 2.29. The van der Waals surface area contributed by atoms with Crippen molar-refractivity contribution in [1.29, 1.82) is 0 Å². The number of nitrogens with zero attached hydrogens (tertiary/aromatic N) is 4. The molecule has 0 atom stereocenters. The lowest BCUT2D eigenvalue weighted by Gasteiger charge is -2.25. The monoisotopic (exact) mass is 375 g/mol. The molecule has 0 spiro atoms. The Kier molecular flexibility index (Phi) is 4.06. The van der Waals surface area contributed by atoms with E-state index >= 15 is 0 Å². The van der Waals surface area contributed by atoms with Crippen molar-refractivity contribution in [2.45, 2.75) is 19.9 Å². The molecule has 0 saturated carbocycles. The lowest BCUT2D eigenvalue weighted by Crippen LogP contribution is -2.35. The van der Waals surface area contributed by atoms with E-state index in [0.29, 0.717) is 35.2 Å². The highest BCUT2D eigenvalue weighted by molar-refractivity contribution is 7.16. The molecule has 25 heavy (non-hydrogen) atoms. The first kappa shape index (κ1) is 15.9. The Labute approximate surface area is 150 Å². The summed E-state index contributed by atoms with van der Waals surface area (Å²) < 4.78 is 8.89. The molecular weight excluding hydrogens is 362 g/mol. The number of carbonyl (C=O) groups is 2. The number of thiazole rings is 1. The van der Waals surface area contributed by atoms with Crippen molar-refractivity contribution in [3.63, 3.8) is 0 Å². The Balaban J connectivity index is 1.49. The summed E-state index contributed by atoms with van der Waals surface area (Å²) in [6, 6.07) is 3.25. The number of rotatable bonds is 3. The van der Waals surface area contributed by atoms with E-state index in [-0.39, 0.29) is 17.6 Å². The smallest absolute Gasteiger partial charge is 0.293 e. The van der Waals surface area contributed by atoms with Crippen LogP contribution in [0.15, 0.2) is 22.8 Å². The highest BCUT2D eigenvalue weighted by Gasteiger charge is 2.27. The van der Waals surface area contributed by atoms with Crippen molar-refractivity contribution in [2.75, 3.05) is 11.9 Å². The Morgan fingerprint density at radius 2 is 2.28 bits per heavy atom. The normalized spacial score (nSPS) is 13.6. The Morgan fingerprint density at radius 3 is 3.00 bits per heavy atom. The van der Waals surface area contributed by atoms with E-state index < -0.39 is 0 Å². The van der Waals surface area contributed by atoms with Gasteiger partial charge in [-0.3, -0.25) is 14.9 Å². The molecule has 4 heterocycles. The zero-order valence-corrected chi connectivity index (χ0v) is 14.8. The molecule has 3 aromatic heterocycles. The van der Waals surface area contributed by atoms with E-state index in [1.807, 2.05) is 0 Å². The van der Waals surface area contributed by atoms with Crippen LogP contribution in [-0.4, -0.2) is 37.8 Å². The molecule has 0 aromatic carbocycles. The molecule has 1 N–H and O–H groups in total. The molecule has 4 rings (SSSR count). The largest absolute Gasteiger partial charge is 0.459 e. The second-order valence-corrected chi connectivity index (χ2v) is 7.32. The summed E-state index contributed by atoms with van der Waals surface area (Å²) in [6.45, 7) is 2.83. The maximum absolute atomic E-state index is 12.6. The Bertz CT molecular complexity index is 931. The van der Waals surface area contributed by atoms with E-state index in [0.717, 1.165) is 22.1 Å². The van der Waals surface area contributed by atoms with Gasteiger partial charge in [0.1, 0.15) is 4.88 Å². The number of nitrogens with one attached hydrogen (secondary N) is 1. The van der Waals surface area contributed by atoms with Gasteiger partial charge in [-0.2, -0.15) is 0 Å². The molecule has 0 aliphatic carbocycles. The van der Waals surface area contributed by atoms with Gasteiger partial charge in [-0.05, 0) is 30.6 Å². The number of furan rings is 1. The van der Waals surface area contributed by atoms with Crippen LogP contribution in [0.1, 0.15) is 36.5 Å². The molecule has 1 aliphatic heterocycles. The van der Waals surface area contributed by atoms with Crippen LogP contribution in [0.5, 0.6) is 0 Å². The summed E-state index contributed by atoms with van der Waals surface area (Å²) in [7, 11) is 0. The van der Waals surface area contributed by atoms with Crippen molar-refractivity contribution in [3.05, 3.63) is 45.3 Å². The first-order valence-electron chi connectivity index (χ1n) is 7.53. The molecule has 2 amide bonds. The van der Waals surface area contributed by atoms with Gasteiger partial charge in [-0.25, -0.2) is 4.98 Å². The van der Waals surface area contributed by atoms with Gasteiger partial charge >= 0.3 is 0 Å². The van der Waals surface area contributed by atoms with Crippen LogP contribution in [0.25, 0.3) is 0 Å². The molecule has 0 radical (unpaired) electrons. The molecule has 0 saturated heterocycles. The fourth-order valence-electron chi connectivity index (χ4n) is 2.56. The number of aryl methyl sites for hydroxylation is 1. The summed E-state index contributed by atoms with van der Waals surface area (Å²) >= 11 is 2.49. The number of anilines is 1. The topological polar surface area (TPSA) is 101 Å². The van der Waals surface area contributed by atoms with Crippen LogP contribution in [0.2, 0.25) is 0 Å². The number of amides is 2. The zero-order chi connectivity index (χ0) is 17.4. The fraction of sp³-hybridized carbons (Fsp3) is 0.267. The lowest BCUT2D eigenvalue weighted by molar-refractivity contribution is 0.0740. The van der Waals surface area contributed by atoms with Crippen molar-refractivity contribution in [2.24, 2.45) is 0 Å². The summed E-state index contributed by atoms with van der Waals surface area (Å²) in [5.41, 5.74) is 1.57. The Hall–Kier alpha value is -2.59. The SMILES string of the molecule is Cc1nnsc1C(=O)N1CCc2nc(NC(=O)c3ccco3)sc2C1. The first-order chi connectivity index (χ1) is 12.1. The standard InChI is InChI=1S/C15H13N5O3S2/c1-8-12(25-19-18-8)14(22)20-5-4-9-11(7-20)24-15(16-9)17-13(21)10-3-2-6-23-10/h2-3,6H,4-5,7H2,1H3,(H,16,17,21). The van der Waals surface area contributed by atoms with Crippen molar-refractivity contribution >= 4 is 39.8 Å². The van der Waals surface area contributed by atoms with Gasteiger partial charge in [0.25, 0.3) is 11.8 Å². The minimum Gasteiger partial charge on any atom is -0.459 e. The van der Waals surface area contributed by atoms with E-state index in [1.165, 1.54) is 17.6 Å². The van der Waals surface area contributed by atoms with Crippen LogP contribution < -0.4 is 5.32 Å². The average Bonchev–Trinajstić information content (AvgIpc) is 3.33. The molecule has 3 aromatic rings. The summed E-state index contributed by atoms with van der Waals surface area (Å²) in [5, 5.41) is 7.14. The average molecular weight is 375 g/mol. The predicted octanol–water partition coefficient (Wildman–Crippen LogP) is 2.35. The molecule has 8 nitrogen and oxygen atoms in total. The van der Waals surface area contributed by atoms with Gasteiger partial charge in [0.05, 0.1) is 24.2 Å². The van der Waals surface area contributed by atoms with E-state index in [9.17, 15) is 9.59 Å². The van der Waals surface area contributed by atoms with E-state index in [2.05, 4.69) is 19.9 Å². The molecule has 10 heteroatoms. The third-order valence-corrected chi connectivity index (χ3v) is 5.64. The fourth-order valence-corrected chi connectivity index (χ4v) is 4.20. The molecule has 1 aliphatic rings. The molecule has 0 bridgehead atoms. The van der Waals surface area contributed by atoms with Gasteiger partial charge in [0.2, 0.25) is 0 Å². The number of fused-ring (bicyclic) bond motifs is 1. The van der Waals surface area contributed by atoms with Crippen molar-refractivity contribution in [1.82, 2.24) is 19.5 Å².